The van der Waals surface area contributed by atoms with Crippen LogP contribution in [-0.4, -0.2) is 21.1 Å². The highest BCUT2D eigenvalue weighted by Gasteiger charge is 2.15. The van der Waals surface area contributed by atoms with E-state index >= 15 is 0 Å². The number of hydrogen-bond donors (Lipinski definition) is 0. The molecule has 0 aliphatic rings. The molecule has 126 valence electrons. The van der Waals surface area contributed by atoms with Gasteiger partial charge in [0, 0.05) is 12.8 Å². The fourth-order valence-electron chi connectivity index (χ4n) is 2.35. The Balaban J connectivity index is 1.78. The van der Waals surface area contributed by atoms with Crippen molar-refractivity contribution in [1.82, 2.24) is 14.5 Å². The van der Waals surface area contributed by atoms with Crippen molar-refractivity contribution in [3.63, 3.8) is 0 Å². The van der Waals surface area contributed by atoms with Gasteiger partial charge < -0.3 is 14.0 Å². The first-order chi connectivity index (χ1) is 11.7. The Morgan fingerprint density at radius 1 is 1.12 bits per heavy atom. The highest BCUT2D eigenvalue weighted by atomic mass is 127. The van der Waals surface area contributed by atoms with Crippen molar-refractivity contribution in [2.45, 2.75) is 26.9 Å². The lowest BCUT2D eigenvalue weighted by Gasteiger charge is -2.08. The van der Waals surface area contributed by atoms with Crippen LogP contribution in [0.15, 0.2) is 36.5 Å². The number of hydrogen-bond acceptors (Lipinski definition) is 4. The Bertz CT molecular complexity index is 824. The SMILES string of the molecule is CCOCc1nc(Cl)c2c(n1)c(I)cn2COCc1ccccc1. The molecule has 2 heterocycles. The smallest absolute Gasteiger partial charge is 0.157 e. The van der Waals surface area contributed by atoms with Crippen LogP contribution >= 0.6 is 34.2 Å². The molecule has 0 radical (unpaired) electrons. The average molecular weight is 458 g/mol. The summed E-state index contributed by atoms with van der Waals surface area (Å²) in [6.07, 6.45) is 1.97. The molecular formula is C17H17ClIN3O2. The molecule has 0 amide bonds. The van der Waals surface area contributed by atoms with E-state index in [1.807, 2.05) is 48.0 Å². The van der Waals surface area contributed by atoms with Crippen molar-refractivity contribution in [1.29, 1.82) is 0 Å². The van der Waals surface area contributed by atoms with Crippen LogP contribution in [0.25, 0.3) is 11.0 Å². The molecule has 0 spiro atoms. The van der Waals surface area contributed by atoms with Crippen LogP contribution in [-0.2, 0) is 29.4 Å². The third-order valence-electron chi connectivity index (χ3n) is 3.45. The summed E-state index contributed by atoms with van der Waals surface area (Å²) in [5.74, 6) is 0.593. The van der Waals surface area contributed by atoms with E-state index in [1.54, 1.807) is 0 Å². The van der Waals surface area contributed by atoms with Gasteiger partial charge in [0.15, 0.2) is 11.0 Å². The second kappa shape index (κ2) is 8.24. The van der Waals surface area contributed by atoms with Gasteiger partial charge in [-0.3, -0.25) is 0 Å². The molecule has 5 nitrogen and oxygen atoms in total. The Morgan fingerprint density at radius 2 is 1.92 bits per heavy atom. The average Bonchev–Trinajstić information content (AvgIpc) is 2.90. The minimum absolute atomic E-state index is 0.359. The topological polar surface area (TPSA) is 49.2 Å². The maximum atomic E-state index is 6.37. The van der Waals surface area contributed by atoms with E-state index in [0.717, 1.165) is 20.2 Å². The minimum Gasteiger partial charge on any atom is -0.374 e. The lowest BCUT2D eigenvalue weighted by atomic mass is 10.2. The molecule has 7 heteroatoms. The van der Waals surface area contributed by atoms with E-state index in [1.165, 1.54) is 0 Å². The van der Waals surface area contributed by atoms with Crippen molar-refractivity contribution >= 4 is 45.2 Å². The molecule has 0 N–H and O–H groups in total. The molecule has 1 aromatic carbocycles. The second-order valence-electron chi connectivity index (χ2n) is 5.17. The molecule has 0 aliphatic heterocycles. The van der Waals surface area contributed by atoms with Crippen LogP contribution < -0.4 is 0 Å². The maximum Gasteiger partial charge on any atom is 0.157 e. The van der Waals surface area contributed by atoms with Gasteiger partial charge in [-0.15, -0.1) is 0 Å². The van der Waals surface area contributed by atoms with Gasteiger partial charge in [-0.25, -0.2) is 9.97 Å². The molecular weight excluding hydrogens is 441 g/mol. The third kappa shape index (κ3) is 4.05. The van der Waals surface area contributed by atoms with Gasteiger partial charge in [0.25, 0.3) is 0 Å². The Morgan fingerprint density at radius 3 is 2.67 bits per heavy atom. The summed E-state index contributed by atoms with van der Waals surface area (Å²) in [6, 6.07) is 10.1. The van der Waals surface area contributed by atoms with Crippen LogP contribution in [0.1, 0.15) is 18.3 Å². The van der Waals surface area contributed by atoms with Crippen LogP contribution in [0.4, 0.5) is 0 Å². The molecule has 3 rings (SSSR count). The molecule has 3 aromatic rings. The van der Waals surface area contributed by atoms with E-state index < -0.39 is 0 Å². The molecule has 0 aliphatic carbocycles. The lowest BCUT2D eigenvalue weighted by Crippen LogP contribution is -2.04. The van der Waals surface area contributed by atoms with E-state index in [9.17, 15) is 0 Å². The van der Waals surface area contributed by atoms with Gasteiger partial charge in [-0.1, -0.05) is 41.9 Å². The molecule has 24 heavy (non-hydrogen) atoms. The number of nitrogens with zero attached hydrogens (tertiary/aromatic N) is 3. The molecule has 0 saturated heterocycles. The minimum atomic E-state index is 0.359. The van der Waals surface area contributed by atoms with Crippen LogP contribution in [0.3, 0.4) is 0 Å². The van der Waals surface area contributed by atoms with Gasteiger partial charge >= 0.3 is 0 Å². The van der Waals surface area contributed by atoms with E-state index in [4.69, 9.17) is 21.1 Å². The number of benzene rings is 1. The van der Waals surface area contributed by atoms with Crippen molar-refractivity contribution in [2.75, 3.05) is 6.61 Å². The Labute approximate surface area is 159 Å². The molecule has 0 unspecified atom stereocenters. The lowest BCUT2D eigenvalue weighted by molar-refractivity contribution is 0.0667. The summed E-state index contributed by atoms with van der Waals surface area (Å²) in [5.41, 5.74) is 2.74. The number of ether oxygens (including phenoxy) is 2. The van der Waals surface area contributed by atoms with E-state index in [-0.39, 0.29) is 0 Å². The summed E-state index contributed by atoms with van der Waals surface area (Å²) in [7, 11) is 0. The summed E-state index contributed by atoms with van der Waals surface area (Å²) < 4.78 is 14.1. The number of fused-ring (bicyclic) bond motifs is 1. The summed E-state index contributed by atoms with van der Waals surface area (Å²) in [5, 5.41) is 0.418. The predicted molar refractivity (Wildman–Crippen MR) is 102 cm³/mol. The molecule has 0 saturated carbocycles. The Hall–Kier alpha value is -1.22. The van der Waals surface area contributed by atoms with Gasteiger partial charge in [-0.2, -0.15) is 0 Å². The fraction of sp³-hybridized carbons (Fsp3) is 0.294. The summed E-state index contributed by atoms with van der Waals surface area (Å²) >= 11 is 8.62. The zero-order valence-electron chi connectivity index (χ0n) is 13.2. The van der Waals surface area contributed by atoms with Crippen molar-refractivity contribution in [2.24, 2.45) is 0 Å². The zero-order chi connectivity index (χ0) is 16.9. The van der Waals surface area contributed by atoms with Gasteiger partial charge in [0.2, 0.25) is 0 Å². The quantitative estimate of drug-likeness (QED) is 0.390. The largest absolute Gasteiger partial charge is 0.374 e. The predicted octanol–water partition coefficient (Wildman–Crippen LogP) is 4.40. The normalized spacial score (nSPS) is 11.3. The van der Waals surface area contributed by atoms with Crippen LogP contribution in [0.2, 0.25) is 5.15 Å². The molecule has 0 atom stereocenters. The monoisotopic (exact) mass is 457 g/mol. The first-order valence-electron chi connectivity index (χ1n) is 7.59. The van der Waals surface area contributed by atoms with Crippen LogP contribution in [0.5, 0.6) is 0 Å². The Kier molecular flexibility index (Phi) is 6.04. The van der Waals surface area contributed by atoms with Gasteiger partial charge in [0.1, 0.15) is 24.4 Å². The highest BCUT2D eigenvalue weighted by molar-refractivity contribution is 14.1. The fourth-order valence-corrected chi connectivity index (χ4v) is 3.36. The van der Waals surface area contributed by atoms with E-state index in [2.05, 4.69) is 32.6 Å². The summed E-state index contributed by atoms with van der Waals surface area (Å²) in [6.45, 7) is 3.84. The van der Waals surface area contributed by atoms with Crippen molar-refractivity contribution < 1.29 is 9.47 Å². The molecule has 0 fully saturated rings. The standard InChI is InChI=1S/C17H17ClIN3O2/c1-2-23-10-14-20-15-13(19)8-22(16(15)17(18)21-14)11-24-9-12-6-4-3-5-7-12/h3-8H,2,9-11H2,1H3. The number of rotatable bonds is 7. The highest BCUT2D eigenvalue weighted by Crippen LogP contribution is 2.27. The third-order valence-corrected chi connectivity index (χ3v) is 4.50. The zero-order valence-corrected chi connectivity index (χ0v) is 16.1. The van der Waals surface area contributed by atoms with Gasteiger partial charge in [-0.05, 0) is 35.1 Å². The maximum absolute atomic E-state index is 6.37. The van der Waals surface area contributed by atoms with Gasteiger partial charge in [0.05, 0.1) is 10.2 Å². The molecule has 0 bridgehead atoms. The van der Waals surface area contributed by atoms with Crippen molar-refractivity contribution in [3.05, 3.63) is 56.6 Å². The van der Waals surface area contributed by atoms with E-state index in [0.29, 0.717) is 37.5 Å². The molecule has 2 aromatic heterocycles. The first kappa shape index (κ1) is 17.6. The second-order valence-corrected chi connectivity index (χ2v) is 6.70. The summed E-state index contributed by atoms with van der Waals surface area (Å²) in [4.78, 5) is 8.88. The number of halogens is 2. The first-order valence-corrected chi connectivity index (χ1v) is 9.05. The van der Waals surface area contributed by atoms with Crippen LogP contribution in [0, 0.1) is 3.57 Å². The van der Waals surface area contributed by atoms with Crippen molar-refractivity contribution in [3.8, 4) is 0 Å². The number of aromatic nitrogens is 3.